The molecule has 3 rings (SSSR count). The normalized spacial score (nSPS) is 16.9. The standard InChI is InChI=1S/C18H19N3O3S/c1-10-4-9-14(25-10)16-15(11(2)19-18(23)21-16)17(22)20-12-5-7-13(24-3)8-6-12/h4-9,16H,1-3H3,(H,20,22)(H2,19,21,23)/t16-/m0/s1. The Labute approximate surface area is 149 Å². The minimum Gasteiger partial charge on any atom is -0.497 e. The van der Waals surface area contributed by atoms with E-state index in [-0.39, 0.29) is 11.9 Å². The van der Waals surface area contributed by atoms with Crippen LogP contribution in [0.25, 0.3) is 0 Å². The molecule has 0 spiro atoms. The molecule has 1 atom stereocenters. The lowest BCUT2D eigenvalue weighted by atomic mass is 10.0. The topological polar surface area (TPSA) is 79.5 Å². The van der Waals surface area contributed by atoms with Crippen molar-refractivity contribution in [1.82, 2.24) is 10.6 Å². The monoisotopic (exact) mass is 357 g/mol. The van der Waals surface area contributed by atoms with Crippen LogP contribution in [0.4, 0.5) is 10.5 Å². The lowest BCUT2D eigenvalue weighted by Crippen LogP contribution is -2.45. The number of anilines is 1. The van der Waals surface area contributed by atoms with Gasteiger partial charge >= 0.3 is 6.03 Å². The second-order valence-electron chi connectivity index (χ2n) is 5.70. The fraction of sp³-hybridized carbons (Fsp3) is 0.222. The van der Waals surface area contributed by atoms with Crippen molar-refractivity contribution in [3.05, 3.63) is 57.4 Å². The van der Waals surface area contributed by atoms with E-state index in [4.69, 9.17) is 4.74 Å². The van der Waals surface area contributed by atoms with Crippen molar-refractivity contribution >= 4 is 29.0 Å². The maximum atomic E-state index is 12.8. The van der Waals surface area contributed by atoms with Crippen LogP contribution in [-0.4, -0.2) is 19.0 Å². The Morgan fingerprint density at radius 1 is 1.16 bits per heavy atom. The summed E-state index contributed by atoms with van der Waals surface area (Å²) in [5.41, 5.74) is 1.70. The van der Waals surface area contributed by atoms with Gasteiger partial charge in [0.25, 0.3) is 5.91 Å². The molecule has 0 bridgehead atoms. The van der Waals surface area contributed by atoms with E-state index in [9.17, 15) is 9.59 Å². The number of carbonyl (C=O) groups is 2. The van der Waals surface area contributed by atoms with Gasteiger partial charge in [-0.2, -0.15) is 0 Å². The SMILES string of the molecule is COc1ccc(NC(=O)C2=C(C)NC(=O)N[C@H]2c2ccc(C)s2)cc1. The minimum absolute atomic E-state index is 0.258. The molecular formula is C18H19N3O3S. The summed E-state index contributed by atoms with van der Waals surface area (Å²) in [6.45, 7) is 3.72. The molecule has 0 saturated heterocycles. The Hall–Kier alpha value is -2.80. The van der Waals surface area contributed by atoms with Gasteiger partial charge in [-0.05, 0) is 50.2 Å². The molecule has 0 radical (unpaired) electrons. The summed E-state index contributed by atoms with van der Waals surface area (Å²) in [5.74, 6) is 0.457. The van der Waals surface area contributed by atoms with Gasteiger partial charge in [-0.15, -0.1) is 11.3 Å². The van der Waals surface area contributed by atoms with Crippen molar-refractivity contribution in [2.75, 3.05) is 12.4 Å². The first kappa shape index (κ1) is 17.0. The predicted molar refractivity (Wildman–Crippen MR) is 97.8 cm³/mol. The molecule has 0 saturated carbocycles. The van der Waals surface area contributed by atoms with Crippen LogP contribution in [0.5, 0.6) is 5.75 Å². The molecule has 3 N–H and O–H groups in total. The Morgan fingerprint density at radius 2 is 1.88 bits per heavy atom. The Kier molecular flexibility index (Phi) is 4.76. The van der Waals surface area contributed by atoms with E-state index in [0.29, 0.717) is 22.7 Å². The van der Waals surface area contributed by atoms with Crippen LogP contribution in [0, 0.1) is 6.92 Å². The zero-order valence-corrected chi connectivity index (χ0v) is 15.0. The van der Waals surface area contributed by atoms with Gasteiger partial charge in [0, 0.05) is 21.1 Å². The summed E-state index contributed by atoms with van der Waals surface area (Å²) >= 11 is 1.56. The van der Waals surface area contributed by atoms with Crippen LogP contribution >= 0.6 is 11.3 Å². The average Bonchev–Trinajstić information content (AvgIpc) is 3.01. The van der Waals surface area contributed by atoms with E-state index >= 15 is 0 Å². The predicted octanol–water partition coefficient (Wildman–Crippen LogP) is 3.33. The van der Waals surface area contributed by atoms with Crippen molar-refractivity contribution in [3.63, 3.8) is 0 Å². The van der Waals surface area contributed by atoms with Crippen LogP contribution in [0.15, 0.2) is 47.7 Å². The fourth-order valence-electron chi connectivity index (χ4n) is 2.69. The number of allylic oxidation sites excluding steroid dienone is 1. The van der Waals surface area contributed by atoms with Crippen molar-refractivity contribution in [2.45, 2.75) is 19.9 Å². The number of ether oxygens (including phenoxy) is 1. The summed E-state index contributed by atoms with van der Waals surface area (Å²) in [7, 11) is 1.59. The largest absolute Gasteiger partial charge is 0.497 e. The highest BCUT2D eigenvalue weighted by Crippen LogP contribution is 2.32. The molecule has 2 aromatic rings. The Balaban J connectivity index is 1.88. The van der Waals surface area contributed by atoms with Gasteiger partial charge in [0.1, 0.15) is 5.75 Å². The summed E-state index contributed by atoms with van der Waals surface area (Å²) in [5, 5.41) is 8.38. The Bertz CT molecular complexity index is 840. The number of rotatable bonds is 4. The zero-order valence-electron chi connectivity index (χ0n) is 14.2. The quantitative estimate of drug-likeness (QED) is 0.785. The van der Waals surface area contributed by atoms with Crippen molar-refractivity contribution in [1.29, 1.82) is 0 Å². The van der Waals surface area contributed by atoms with Crippen molar-refractivity contribution in [3.8, 4) is 5.75 Å². The van der Waals surface area contributed by atoms with Gasteiger partial charge in [0.2, 0.25) is 0 Å². The smallest absolute Gasteiger partial charge is 0.319 e. The lowest BCUT2D eigenvalue weighted by Gasteiger charge is -2.27. The van der Waals surface area contributed by atoms with E-state index in [1.807, 2.05) is 19.1 Å². The highest BCUT2D eigenvalue weighted by atomic mass is 32.1. The molecule has 0 unspecified atom stereocenters. The summed E-state index contributed by atoms with van der Waals surface area (Å²) in [6, 6.07) is 10.2. The van der Waals surface area contributed by atoms with Gasteiger partial charge < -0.3 is 20.7 Å². The molecule has 25 heavy (non-hydrogen) atoms. The van der Waals surface area contributed by atoms with E-state index in [1.165, 1.54) is 0 Å². The molecule has 3 amide bonds. The fourth-order valence-corrected chi connectivity index (χ4v) is 3.63. The molecule has 1 aromatic heterocycles. The van der Waals surface area contributed by atoms with Crippen LogP contribution < -0.4 is 20.7 Å². The molecular weight excluding hydrogens is 338 g/mol. The molecule has 130 valence electrons. The van der Waals surface area contributed by atoms with Crippen LogP contribution in [0.3, 0.4) is 0 Å². The van der Waals surface area contributed by atoms with Gasteiger partial charge in [-0.3, -0.25) is 4.79 Å². The number of thiophene rings is 1. The van der Waals surface area contributed by atoms with E-state index in [2.05, 4.69) is 16.0 Å². The first-order chi connectivity index (χ1) is 12.0. The van der Waals surface area contributed by atoms with Gasteiger partial charge in [-0.25, -0.2) is 4.79 Å². The van der Waals surface area contributed by atoms with Gasteiger partial charge in [0.05, 0.1) is 18.7 Å². The maximum absolute atomic E-state index is 12.8. The number of benzene rings is 1. The van der Waals surface area contributed by atoms with Gasteiger partial charge in [-0.1, -0.05) is 0 Å². The minimum atomic E-state index is -0.467. The molecule has 1 aliphatic rings. The number of carbonyl (C=O) groups excluding carboxylic acids is 2. The molecule has 1 aliphatic heterocycles. The highest BCUT2D eigenvalue weighted by molar-refractivity contribution is 7.12. The summed E-state index contributed by atoms with van der Waals surface area (Å²) in [4.78, 5) is 26.7. The lowest BCUT2D eigenvalue weighted by molar-refractivity contribution is -0.113. The average molecular weight is 357 g/mol. The Morgan fingerprint density at radius 3 is 2.48 bits per heavy atom. The van der Waals surface area contributed by atoms with Gasteiger partial charge in [0.15, 0.2) is 0 Å². The number of hydrogen-bond acceptors (Lipinski definition) is 4. The van der Waals surface area contributed by atoms with Crippen LogP contribution in [0.1, 0.15) is 22.7 Å². The number of hydrogen-bond donors (Lipinski definition) is 3. The third-order valence-corrected chi connectivity index (χ3v) is 4.97. The number of nitrogens with one attached hydrogen (secondary N) is 3. The maximum Gasteiger partial charge on any atom is 0.319 e. The second-order valence-corrected chi connectivity index (χ2v) is 7.02. The number of methoxy groups -OCH3 is 1. The third-order valence-electron chi connectivity index (χ3n) is 3.91. The molecule has 6 nitrogen and oxygen atoms in total. The molecule has 1 aromatic carbocycles. The second kappa shape index (κ2) is 6.98. The zero-order chi connectivity index (χ0) is 18.0. The molecule has 2 heterocycles. The van der Waals surface area contributed by atoms with E-state index in [1.54, 1.807) is 49.6 Å². The summed E-state index contributed by atoms with van der Waals surface area (Å²) in [6.07, 6.45) is 0. The van der Waals surface area contributed by atoms with Crippen molar-refractivity contribution < 1.29 is 14.3 Å². The number of aryl methyl sites for hydroxylation is 1. The van der Waals surface area contributed by atoms with E-state index in [0.717, 1.165) is 9.75 Å². The summed E-state index contributed by atoms with van der Waals surface area (Å²) < 4.78 is 5.12. The molecule has 7 heteroatoms. The van der Waals surface area contributed by atoms with Crippen molar-refractivity contribution in [2.24, 2.45) is 0 Å². The van der Waals surface area contributed by atoms with E-state index < -0.39 is 6.04 Å². The third kappa shape index (κ3) is 3.66. The highest BCUT2D eigenvalue weighted by Gasteiger charge is 2.32. The van der Waals surface area contributed by atoms with Crippen LogP contribution in [-0.2, 0) is 4.79 Å². The first-order valence-corrected chi connectivity index (χ1v) is 8.59. The molecule has 0 fully saturated rings. The first-order valence-electron chi connectivity index (χ1n) is 7.78. The number of urea groups is 1. The van der Waals surface area contributed by atoms with Crippen LogP contribution in [0.2, 0.25) is 0 Å². The number of amides is 3. The molecule has 0 aliphatic carbocycles.